The predicted molar refractivity (Wildman–Crippen MR) is 124 cm³/mol. The van der Waals surface area contributed by atoms with E-state index in [0.29, 0.717) is 12.3 Å². The van der Waals surface area contributed by atoms with Gasteiger partial charge >= 0.3 is 0 Å². The molecule has 0 spiro atoms. The summed E-state index contributed by atoms with van der Waals surface area (Å²) < 4.78 is 32.9. The number of nitrogens with zero attached hydrogens (tertiary/aromatic N) is 2. The number of hydrogen-bond acceptors (Lipinski definition) is 5. The number of rotatable bonds is 9. The average Bonchev–Trinajstić information content (AvgIpc) is 3.00. The molecule has 1 amide bonds. The molecule has 166 valence electrons. The monoisotopic (exact) mass is 461 g/mol. The van der Waals surface area contributed by atoms with E-state index in [1.165, 1.54) is 47.7 Å². The molecule has 0 unspecified atom stereocenters. The second-order valence-electron chi connectivity index (χ2n) is 7.24. The van der Waals surface area contributed by atoms with E-state index in [0.717, 1.165) is 10.1 Å². The van der Waals surface area contributed by atoms with Gasteiger partial charge in [-0.3, -0.25) is 4.79 Å². The number of carbonyl (C=O) groups excluding carboxylic acids is 1. The van der Waals surface area contributed by atoms with Gasteiger partial charge in [-0.05, 0) is 37.3 Å². The fourth-order valence-corrected chi connectivity index (χ4v) is 5.11. The van der Waals surface area contributed by atoms with E-state index in [1.54, 1.807) is 23.9 Å². The Bertz CT molecular complexity index is 1170. The van der Waals surface area contributed by atoms with Crippen molar-refractivity contribution in [1.29, 1.82) is 0 Å². The topological polar surface area (TPSA) is 80.6 Å². The number of carbonyl (C=O) groups is 1. The van der Waals surface area contributed by atoms with Crippen molar-refractivity contribution in [2.45, 2.75) is 16.7 Å². The Morgan fingerprint density at radius 3 is 2.48 bits per heavy atom. The molecule has 0 atom stereocenters. The number of ether oxygens (including phenoxy) is 1. The maximum atomic E-state index is 12.1. The lowest BCUT2D eigenvalue weighted by atomic mass is 10.2. The third-order valence-electron chi connectivity index (χ3n) is 4.98. The Morgan fingerprint density at radius 2 is 1.81 bits per heavy atom. The van der Waals surface area contributed by atoms with Crippen LogP contribution in [0.15, 0.2) is 58.3 Å². The molecule has 3 rings (SSSR count). The van der Waals surface area contributed by atoms with Gasteiger partial charge in [-0.1, -0.05) is 18.2 Å². The molecule has 7 nitrogen and oxygen atoms in total. The molecule has 0 fully saturated rings. The molecule has 31 heavy (non-hydrogen) atoms. The van der Waals surface area contributed by atoms with Gasteiger partial charge in [0.05, 0.1) is 4.90 Å². The molecular weight excluding hydrogens is 434 g/mol. The van der Waals surface area contributed by atoms with Gasteiger partial charge in [0.15, 0.2) is 6.61 Å². The van der Waals surface area contributed by atoms with E-state index >= 15 is 0 Å². The fraction of sp³-hybridized carbons (Fsp3) is 0.318. The van der Waals surface area contributed by atoms with Crippen LogP contribution in [0, 0.1) is 6.92 Å². The van der Waals surface area contributed by atoms with Crippen molar-refractivity contribution in [2.75, 3.05) is 33.0 Å². The summed E-state index contributed by atoms with van der Waals surface area (Å²) in [5.41, 5.74) is 2.41. The van der Waals surface area contributed by atoms with Gasteiger partial charge in [0.1, 0.15) is 5.75 Å². The molecule has 0 aliphatic heterocycles. The number of para-hydroxylation sites is 1. The number of sulfonamides is 1. The zero-order valence-corrected chi connectivity index (χ0v) is 19.7. The van der Waals surface area contributed by atoms with Crippen LogP contribution >= 0.6 is 11.8 Å². The highest BCUT2D eigenvalue weighted by Crippen LogP contribution is 2.32. The standard InChI is InChI=1S/C22H27N3O4S2/c1-16-22(19-7-5-6-8-20(19)25(16)4)30-14-13-23-21(26)15-29-17-9-11-18(12-10-17)31(27,28)24(2)3/h5-12H,13-15H2,1-4H3,(H,23,26). The van der Waals surface area contributed by atoms with Crippen molar-refractivity contribution in [3.63, 3.8) is 0 Å². The first-order chi connectivity index (χ1) is 14.7. The normalized spacial score (nSPS) is 11.8. The van der Waals surface area contributed by atoms with Crippen LogP contribution in [0.25, 0.3) is 10.9 Å². The van der Waals surface area contributed by atoms with Crippen molar-refractivity contribution in [3.8, 4) is 5.75 Å². The maximum Gasteiger partial charge on any atom is 0.257 e. The third kappa shape index (κ3) is 5.23. The summed E-state index contributed by atoms with van der Waals surface area (Å²) >= 11 is 1.72. The number of aromatic nitrogens is 1. The quantitative estimate of drug-likeness (QED) is 0.391. The zero-order chi connectivity index (χ0) is 22.6. The van der Waals surface area contributed by atoms with Gasteiger partial charge in [0.25, 0.3) is 5.91 Å². The SMILES string of the molecule is Cc1c(SCCNC(=O)COc2ccc(S(=O)(=O)N(C)C)cc2)c2ccccc2n1C. The van der Waals surface area contributed by atoms with Gasteiger partial charge in [-0.25, -0.2) is 12.7 Å². The van der Waals surface area contributed by atoms with Crippen LogP contribution in [-0.4, -0.2) is 56.2 Å². The Balaban J connectivity index is 1.46. The van der Waals surface area contributed by atoms with Crippen molar-refractivity contribution < 1.29 is 17.9 Å². The highest BCUT2D eigenvalue weighted by molar-refractivity contribution is 7.99. The number of thioether (sulfide) groups is 1. The third-order valence-corrected chi connectivity index (χ3v) is 8.03. The molecule has 1 aromatic heterocycles. The number of amides is 1. The summed E-state index contributed by atoms with van der Waals surface area (Å²) in [4.78, 5) is 13.5. The minimum atomic E-state index is -3.48. The molecular formula is C22H27N3O4S2. The molecule has 0 saturated carbocycles. The number of aryl methyl sites for hydroxylation is 1. The number of hydrogen-bond donors (Lipinski definition) is 1. The first-order valence-electron chi connectivity index (χ1n) is 9.80. The molecule has 2 aromatic carbocycles. The van der Waals surface area contributed by atoms with Crippen molar-refractivity contribution in [1.82, 2.24) is 14.2 Å². The second-order valence-corrected chi connectivity index (χ2v) is 10.5. The van der Waals surface area contributed by atoms with Gasteiger partial charge in [0, 0.05) is 54.9 Å². The van der Waals surface area contributed by atoms with Crippen LogP contribution in [0.2, 0.25) is 0 Å². The van der Waals surface area contributed by atoms with E-state index < -0.39 is 10.0 Å². The van der Waals surface area contributed by atoms with E-state index in [-0.39, 0.29) is 17.4 Å². The van der Waals surface area contributed by atoms with Gasteiger partial charge in [0.2, 0.25) is 10.0 Å². The van der Waals surface area contributed by atoms with Crippen molar-refractivity contribution in [2.24, 2.45) is 7.05 Å². The average molecular weight is 462 g/mol. The lowest BCUT2D eigenvalue weighted by Gasteiger charge is -2.12. The Kier molecular flexibility index (Phi) is 7.30. The lowest BCUT2D eigenvalue weighted by molar-refractivity contribution is -0.122. The zero-order valence-electron chi connectivity index (χ0n) is 18.1. The van der Waals surface area contributed by atoms with Crippen LogP contribution in [0.1, 0.15) is 5.69 Å². The van der Waals surface area contributed by atoms with E-state index in [9.17, 15) is 13.2 Å². The van der Waals surface area contributed by atoms with Crippen molar-refractivity contribution >= 4 is 38.6 Å². The molecule has 0 aliphatic carbocycles. The minimum Gasteiger partial charge on any atom is -0.484 e. The molecule has 0 aliphatic rings. The van der Waals surface area contributed by atoms with E-state index in [2.05, 4.69) is 36.0 Å². The first kappa shape index (κ1) is 23.2. The van der Waals surface area contributed by atoms with Gasteiger partial charge in [-0.2, -0.15) is 0 Å². The Labute approximate surface area is 187 Å². The van der Waals surface area contributed by atoms with Crippen molar-refractivity contribution in [3.05, 3.63) is 54.2 Å². The van der Waals surface area contributed by atoms with E-state index in [1.807, 2.05) is 12.1 Å². The summed E-state index contributed by atoms with van der Waals surface area (Å²) in [6.45, 7) is 2.50. The summed E-state index contributed by atoms with van der Waals surface area (Å²) in [7, 11) is 1.53. The smallest absolute Gasteiger partial charge is 0.257 e. The summed E-state index contributed by atoms with van der Waals surface area (Å²) in [6, 6.07) is 14.3. The fourth-order valence-electron chi connectivity index (χ4n) is 3.13. The first-order valence-corrected chi connectivity index (χ1v) is 12.2. The lowest BCUT2D eigenvalue weighted by Crippen LogP contribution is -2.30. The summed E-state index contributed by atoms with van der Waals surface area (Å²) in [5.74, 6) is 0.964. The molecule has 0 saturated heterocycles. The predicted octanol–water partition coefficient (Wildman–Crippen LogP) is 3.02. The van der Waals surface area contributed by atoms with Crippen LogP contribution in [0.3, 0.4) is 0 Å². The summed E-state index contributed by atoms with van der Waals surface area (Å²) in [5, 5.41) is 4.08. The number of benzene rings is 2. The molecule has 0 bridgehead atoms. The maximum absolute atomic E-state index is 12.1. The number of nitrogens with one attached hydrogen (secondary N) is 1. The summed E-state index contributed by atoms with van der Waals surface area (Å²) in [6.07, 6.45) is 0. The molecule has 1 heterocycles. The molecule has 3 aromatic rings. The van der Waals surface area contributed by atoms with Gasteiger partial charge < -0.3 is 14.6 Å². The van der Waals surface area contributed by atoms with Gasteiger partial charge in [-0.15, -0.1) is 11.8 Å². The highest BCUT2D eigenvalue weighted by atomic mass is 32.2. The van der Waals surface area contributed by atoms with Crippen LogP contribution in [0.4, 0.5) is 0 Å². The molecule has 1 N–H and O–H groups in total. The molecule has 0 radical (unpaired) electrons. The highest BCUT2D eigenvalue weighted by Gasteiger charge is 2.17. The second kappa shape index (κ2) is 9.76. The largest absolute Gasteiger partial charge is 0.484 e. The van der Waals surface area contributed by atoms with Crippen LogP contribution in [0.5, 0.6) is 5.75 Å². The minimum absolute atomic E-state index is 0.127. The number of fused-ring (bicyclic) bond motifs is 1. The molecule has 9 heteroatoms. The van der Waals surface area contributed by atoms with E-state index in [4.69, 9.17) is 4.74 Å². The van der Waals surface area contributed by atoms with Crippen LogP contribution in [-0.2, 0) is 21.9 Å². The Hall–Kier alpha value is -2.49. The van der Waals surface area contributed by atoms with Crippen LogP contribution < -0.4 is 10.1 Å². The Morgan fingerprint density at radius 1 is 1.13 bits per heavy atom.